The molecule has 5 rings (SSSR count). The number of hydrogen-bond acceptors (Lipinski definition) is 6. The van der Waals surface area contributed by atoms with E-state index < -0.39 is 12.1 Å². The predicted octanol–water partition coefficient (Wildman–Crippen LogP) is 4.59. The fraction of sp³-hybridized carbons (Fsp3) is 0.652. The van der Waals surface area contributed by atoms with Gasteiger partial charge in [0, 0.05) is 32.2 Å². The van der Waals surface area contributed by atoms with Crippen LogP contribution in [0.15, 0.2) is 18.2 Å². The van der Waals surface area contributed by atoms with Crippen molar-refractivity contribution in [3.63, 3.8) is 0 Å². The summed E-state index contributed by atoms with van der Waals surface area (Å²) in [5.74, 6) is -2.76. The summed E-state index contributed by atoms with van der Waals surface area (Å²) in [6, 6.07) is 7.67. The summed E-state index contributed by atoms with van der Waals surface area (Å²) in [5, 5.41) is 8.36. The zero-order chi connectivity index (χ0) is 23.4. The first-order valence-corrected chi connectivity index (χ1v) is 12.5. The average molecular weight is 485 g/mol. The molecule has 1 unspecified atom stereocenters. The zero-order valence-electron chi connectivity index (χ0n) is 18.7. The van der Waals surface area contributed by atoms with Gasteiger partial charge in [0.2, 0.25) is 0 Å². The molecule has 0 amide bonds. The van der Waals surface area contributed by atoms with E-state index >= 15 is 0 Å². The van der Waals surface area contributed by atoms with Gasteiger partial charge in [-0.1, -0.05) is 30.2 Å². The van der Waals surface area contributed by atoms with E-state index in [1.54, 1.807) is 0 Å². The minimum Gasteiger partial charge on any atom is -0.475 e. The number of nitrogens with zero attached hydrogens (tertiary/aromatic N) is 4. The molecule has 6 nitrogen and oxygen atoms in total. The summed E-state index contributed by atoms with van der Waals surface area (Å²) in [7, 11) is 0. The van der Waals surface area contributed by atoms with Gasteiger partial charge in [0.05, 0.1) is 10.2 Å². The normalized spacial score (nSPS) is 22.5. The first kappa shape index (κ1) is 24.2. The predicted molar refractivity (Wildman–Crippen MR) is 124 cm³/mol. The number of aliphatic carboxylic acids is 1. The van der Waals surface area contributed by atoms with Gasteiger partial charge >= 0.3 is 12.1 Å². The third kappa shape index (κ3) is 6.36. The zero-order valence-corrected chi connectivity index (χ0v) is 19.5. The van der Waals surface area contributed by atoms with Crippen molar-refractivity contribution in [1.82, 2.24) is 14.8 Å². The van der Waals surface area contributed by atoms with Crippen LogP contribution in [-0.4, -0.2) is 77.3 Å². The van der Waals surface area contributed by atoms with Crippen LogP contribution in [0, 0.1) is 0 Å². The van der Waals surface area contributed by atoms with Crippen LogP contribution < -0.4 is 4.90 Å². The first-order valence-electron chi connectivity index (χ1n) is 11.7. The Labute approximate surface area is 196 Å². The molecule has 182 valence electrons. The molecule has 1 atom stereocenters. The number of piperazine rings is 1. The molecule has 4 heterocycles. The number of hydrogen-bond donors (Lipinski definition) is 1. The highest BCUT2D eigenvalue weighted by Crippen LogP contribution is 2.32. The van der Waals surface area contributed by atoms with Crippen LogP contribution in [0.2, 0.25) is 0 Å². The minimum absolute atomic E-state index is 0.749. The van der Waals surface area contributed by atoms with Gasteiger partial charge < -0.3 is 10.0 Å². The van der Waals surface area contributed by atoms with E-state index in [4.69, 9.17) is 14.9 Å². The molecule has 0 saturated carbocycles. The highest BCUT2D eigenvalue weighted by molar-refractivity contribution is 7.22. The van der Waals surface area contributed by atoms with E-state index in [-0.39, 0.29) is 0 Å². The third-order valence-corrected chi connectivity index (χ3v) is 7.73. The number of thiazole rings is 1. The van der Waals surface area contributed by atoms with Crippen molar-refractivity contribution in [2.45, 2.75) is 57.3 Å². The molecule has 10 heteroatoms. The number of aromatic nitrogens is 1. The van der Waals surface area contributed by atoms with Gasteiger partial charge in [0.1, 0.15) is 0 Å². The number of alkyl halides is 3. The number of carboxylic acid groups (broad SMARTS) is 1. The maximum atomic E-state index is 10.6. The highest BCUT2D eigenvalue weighted by atomic mass is 32.1. The van der Waals surface area contributed by atoms with Crippen LogP contribution in [0.5, 0.6) is 0 Å². The third-order valence-electron chi connectivity index (χ3n) is 6.65. The number of halogens is 3. The van der Waals surface area contributed by atoms with Crippen molar-refractivity contribution in [2.24, 2.45) is 0 Å². The minimum atomic E-state index is -5.08. The molecule has 1 N–H and O–H groups in total. The second-order valence-corrected chi connectivity index (χ2v) is 10.1. The number of anilines is 1. The Morgan fingerprint density at radius 3 is 2.52 bits per heavy atom. The molecule has 3 fully saturated rings. The van der Waals surface area contributed by atoms with Gasteiger partial charge in [-0.15, -0.1) is 0 Å². The highest BCUT2D eigenvalue weighted by Gasteiger charge is 2.38. The molecule has 33 heavy (non-hydrogen) atoms. The molecular weight excluding hydrogens is 453 g/mol. The Bertz CT molecular complexity index is 945. The molecule has 2 aromatic rings. The van der Waals surface area contributed by atoms with E-state index in [2.05, 4.69) is 32.9 Å². The van der Waals surface area contributed by atoms with E-state index in [1.165, 1.54) is 92.2 Å². The van der Waals surface area contributed by atoms with Crippen molar-refractivity contribution in [2.75, 3.05) is 44.2 Å². The van der Waals surface area contributed by atoms with Crippen molar-refractivity contribution in [3.8, 4) is 0 Å². The molecule has 3 aliphatic heterocycles. The van der Waals surface area contributed by atoms with E-state index in [1.807, 2.05) is 11.3 Å². The summed E-state index contributed by atoms with van der Waals surface area (Å²) in [6.45, 7) is 8.44. The summed E-state index contributed by atoms with van der Waals surface area (Å²) < 4.78 is 33.1. The summed E-state index contributed by atoms with van der Waals surface area (Å²) in [6.07, 6.45) is 3.19. The monoisotopic (exact) mass is 484 g/mol. The SMILES string of the molecule is O=C(O)C(F)(F)F.c1cc2nc(N3CCN4CCCCC4C3)sc2cc1CN1CCCCC1. The van der Waals surface area contributed by atoms with Gasteiger partial charge in [-0.3, -0.25) is 9.80 Å². The van der Waals surface area contributed by atoms with Crippen LogP contribution in [-0.2, 0) is 11.3 Å². The van der Waals surface area contributed by atoms with Crippen LogP contribution in [0.1, 0.15) is 44.1 Å². The lowest BCUT2D eigenvalue weighted by Gasteiger charge is -2.43. The van der Waals surface area contributed by atoms with Crippen LogP contribution in [0.25, 0.3) is 10.2 Å². The summed E-state index contributed by atoms with van der Waals surface area (Å²) >= 11 is 1.90. The number of benzene rings is 1. The second-order valence-electron chi connectivity index (χ2n) is 9.07. The largest absolute Gasteiger partial charge is 0.490 e. The van der Waals surface area contributed by atoms with Crippen molar-refractivity contribution >= 4 is 32.7 Å². The molecular formula is C23H31F3N4O2S. The average Bonchev–Trinajstić information content (AvgIpc) is 3.23. The maximum Gasteiger partial charge on any atom is 0.490 e. The number of rotatable bonds is 3. The molecule has 0 bridgehead atoms. The Morgan fingerprint density at radius 2 is 1.79 bits per heavy atom. The smallest absolute Gasteiger partial charge is 0.475 e. The van der Waals surface area contributed by atoms with Gasteiger partial charge in [0.25, 0.3) is 0 Å². The van der Waals surface area contributed by atoms with E-state index in [0.29, 0.717) is 0 Å². The van der Waals surface area contributed by atoms with Crippen LogP contribution in [0.4, 0.5) is 18.3 Å². The molecule has 1 aromatic carbocycles. The van der Waals surface area contributed by atoms with E-state index in [9.17, 15) is 13.2 Å². The Balaban J connectivity index is 0.000000325. The topological polar surface area (TPSA) is 59.9 Å². The fourth-order valence-corrected chi connectivity index (χ4v) is 5.96. The Kier molecular flexibility index (Phi) is 7.76. The number of likely N-dealkylation sites (tertiary alicyclic amines) is 1. The number of piperidine rings is 2. The molecule has 0 spiro atoms. The van der Waals surface area contributed by atoms with E-state index in [0.717, 1.165) is 19.1 Å². The number of fused-ring (bicyclic) bond motifs is 2. The van der Waals surface area contributed by atoms with Gasteiger partial charge in [-0.25, -0.2) is 9.78 Å². The maximum absolute atomic E-state index is 10.6. The van der Waals surface area contributed by atoms with Gasteiger partial charge in [-0.2, -0.15) is 13.2 Å². The number of carbonyl (C=O) groups is 1. The molecule has 0 aliphatic carbocycles. The van der Waals surface area contributed by atoms with Gasteiger partial charge in [-0.05, 0) is 63.0 Å². The lowest BCUT2D eigenvalue weighted by molar-refractivity contribution is -0.192. The standard InChI is InChI=1S/C21H30N4S.C2HF3O2/c1-3-9-23(10-4-1)15-17-7-8-19-20(14-17)26-21(22-19)25-13-12-24-11-5-2-6-18(24)16-25;3-2(4,5)1(6)7/h7-8,14,18H,1-6,9-13,15-16H2;(H,6,7). The lowest BCUT2D eigenvalue weighted by atomic mass is 10.00. The molecule has 3 aliphatic rings. The van der Waals surface area contributed by atoms with Crippen LogP contribution >= 0.6 is 11.3 Å². The van der Waals surface area contributed by atoms with Crippen molar-refractivity contribution in [1.29, 1.82) is 0 Å². The Morgan fingerprint density at radius 1 is 1.06 bits per heavy atom. The quantitative estimate of drug-likeness (QED) is 0.688. The lowest BCUT2D eigenvalue weighted by Crippen LogP contribution is -2.54. The second kappa shape index (κ2) is 10.6. The molecule has 0 radical (unpaired) electrons. The molecule has 1 aromatic heterocycles. The van der Waals surface area contributed by atoms with Crippen LogP contribution in [0.3, 0.4) is 0 Å². The van der Waals surface area contributed by atoms with Crippen molar-refractivity contribution < 1.29 is 23.1 Å². The fourth-order valence-electron chi connectivity index (χ4n) is 4.90. The van der Waals surface area contributed by atoms with Crippen molar-refractivity contribution in [3.05, 3.63) is 23.8 Å². The van der Waals surface area contributed by atoms with Gasteiger partial charge in [0.15, 0.2) is 5.13 Å². The summed E-state index contributed by atoms with van der Waals surface area (Å²) in [4.78, 5) is 21.7. The first-order chi connectivity index (χ1) is 15.8. The number of carboxylic acids is 1. The summed E-state index contributed by atoms with van der Waals surface area (Å²) in [5.41, 5.74) is 2.63. The molecule has 3 saturated heterocycles. The Hall–Kier alpha value is -1.91.